The first kappa shape index (κ1) is 29.6. The van der Waals surface area contributed by atoms with Gasteiger partial charge in [0.15, 0.2) is 6.61 Å². The third-order valence-electron chi connectivity index (χ3n) is 6.11. The Balaban J connectivity index is 1.86. The maximum absolute atomic E-state index is 13.5. The van der Waals surface area contributed by atoms with E-state index in [1.54, 1.807) is 42.6 Å². The van der Waals surface area contributed by atoms with E-state index < -0.39 is 29.8 Å². The SMILES string of the molecule is COCCN1CC(=O)N[C@H](C(=O)NCc2ccccn2)Cc2ccc(cc2)OCC(=O)N[C@@H](CC(C)C)C1=O. The lowest BCUT2D eigenvalue weighted by atomic mass is 10.0. The molecule has 2 bridgehead atoms. The Morgan fingerprint density at radius 3 is 2.56 bits per heavy atom. The molecule has 0 unspecified atom stereocenters. The van der Waals surface area contributed by atoms with E-state index in [4.69, 9.17) is 9.47 Å². The number of ether oxygens (including phenoxy) is 2. The van der Waals surface area contributed by atoms with Crippen molar-refractivity contribution in [2.45, 2.75) is 45.3 Å². The highest BCUT2D eigenvalue weighted by Gasteiger charge is 2.30. The molecular weight excluding hydrogens is 502 g/mol. The van der Waals surface area contributed by atoms with Crippen LogP contribution in [0.1, 0.15) is 31.5 Å². The van der Waals surface area contributed by atoms with Gasteiger partial charge in [-0.05, 0) is 42.2 Å². The molecule has 11 heteroatoms. The topological polar surface area (TPSA) is 139 Å². The van der Waals surface area contributed by atoms with Crippen molar-refractivity contribution >= 4 is 23.6 Å². The first-order valence-electron chi connectivity index (χ1n) is 13.0. The van der Waals surface area contributed by atoms with E-state index in [0.717, 1.165) is 5.56 Å². The summed E-state index contributed by atoms with van der Waals surface area (Å²) in [7, 11) is 1.50. The van der Waals surface area contributed by atoms with Crippen molar-refractivity contribution < 1.29 is 28.7 Å². The van der Waals surface area contributed by atoms with Crippen LogP contribution >= 0.6 is 0 Å². The van der Waals surface area contributed by atoms with Crippen LogP contribution in [-0.4, -0.2) is 79.0 Å². The molecule has 3 heterocycles. The summed E-state index contributed by atoms with van der Waals surface area (Å²) < 4.78 is 10.8. The second-order valence-corrected chi connectivity index (χ2v) is 9.80. The Labute approximate surface area is 228 Å². The van der Waals surface area contributed by atoms with Gasteiger partial charge in [0.25, 0.3) is 5.91 Å². The number of benzene rings is 1. The van der Waals surface area contributed by atoms with Crippen LogP contribution in [0.5, 0.6) is 5.75 Å². The van der Waals surface area contributed by atoms with Gasteiger partial charge in [0.2, 0.25) is 17.7 Å². The van der Waals surface area contributed by atoms with Crippen LogP contribution in [-0.2, 0) is 36.9 Å². The zero-order chi connectivity index (χ0) is 28.2. The Morgan fingerprint density at radius 1 is 1.13 bits per heavy atom. The molecule has 11 nitrogen and oxygen atoms in total. The number of nitrogens with zero attached hydrogens (tertiary/aromatic N) is 2. The van der Waals surface area contributed by atoms with Crippen LogP contribution in [0.3, 0.4) is 0 Å². The summed E-state index contributed by atoms with van der Waals surface area (Å²) in [5.41, 5.74) is 1.46. The number of hydrogen-bond acceptors (Lipinski definition) is 7. The van der Waals surface area contributed by atoms with Crippen LogP contribution in [0.25, 0.3) is 0 Å². The van der Waals surface area contributed by atoms with Crippen LogP contribution in [0.2, 0.25) is 0 Å². The molecule has 1 aromatic carbocycles. The Kier molecular flexibility index (Phi) is 11.2. The third kappa shape index (κ3) is 9.68. The standard InChI is InChI=1S/C28H37N5O6/c1-19(2)14-24-28(37)33(12-13-38-3)17-25(34)31-23(27(36)30-16-21-6-4-5-11-29-21)15-20-7-9-22(10-8-20)39-18-26(35)32-24/h4-11,19,23-24H,12-18H2,1-3H3,(H,30,36)(H,31,34)(H,32,35)/t23-,24-/m0/s1. The smallest absolute Gasteiger partial charge is 0.258 e. The number of amides is 4. The molecule has 2 aromatic rings. The highest BCUT2D eigenvalue weighted by Crippen LogP contribution is 2.15. The van der Waals surface area contributed by atoms with Gasteiger partial charge < -0.3 is 30.3 Å². The van der Waals surface area contributed by atoms with Gasteiger partial charge in [-0.25, -0.2) is 0 Å². The molecule has 4 amide bonds. The van der Waals surface area contributed by atoms with Gasteiger partial charge in [-0.15, -0.1) is 0 Å². The lowest BCUT2D eigenvalue weighted by Gasteiger charge is -2.29. The van der Waals surface area contributed by atoms with Gasteiger partial charge in [-0.3, -0.25) is 24.2 Å². The van der Waals surface area contributed by atoms with Crippen molar-refractivity contribution in [2.24, 2.45) is 5.92 Å². The molecular formula is C28H37N5O6. The van der Waals surface area contributed by atoms with E-state index in [1.165, 1.54) is 12.0 Å². The number of aromatic nitrogens is 1. The average molecular weight is 540 g/mol. The molecule has 0 aliphatic carbocycles. The normalized spacial score (nSPS) is 18.9. The number of fused-ring (bicyclic) bond motifs is 13. The van der Waals surface area contributed by atoms with E-state index in [9.17, 15) is 19.2 Å². The molecule has 2 aliphatic heterocycles. The second-order valence-electron chi connectivity index (χ2n) is 9.80. The van der Waals surface area contributed by atoms with Crippen LogP contribution < -0.4 is 20.7 Å². The lowest BCUT2D eigenvalue weighted by Crippen LogP contribution is -2.55. The molecule has 0 fully saturated rings. The minimum absolute atomic E-state index is 0.101. The molecule has 2 atom stereocenters. The first-order valence-corrected chi connectivity index (χ1v) is 13.0. The fourth-order valence-electron chi connectivity index (χ4n) is 4.15. The van der Waals surface area contributed by atoms with Gasteiger partial charge in [0.05, 0.1) is 25.4 Å². The van der Waals surface area contributed by atoms with Crippen molar-refractivity contribution in [3.8, 4) is 5.75 Å². The molecule has 0 spiro atoms. The molecule has 0 radical (unpaired) electrons. The Bertz CT molecular complexity index is 1110. The number of carbonyl (C=O) groups excluding carboxylic acids is 4. The summed E-state index contributed by atoms with van der Waals surface area (Å²) in [4.78, 5) is 58.0. The van der Waals surface area contributed by atoms with E-state index in [2.05, 4.69) is 20.9 Å². The van der Waals surface area contributed by atoms with E-state index in [1.807, 2.05) is 19.9 Å². The molecule has 210 valence electrons. The fourth-order valence-corrected chi connectivity index (χ4v) is 4.15. The lowest BCUT2D eigenvalue weighted by molar-refractivity contribution is -0.141. The van der Waals surface area contributed by atoms with E-state index in [0.29, 0.717) is 17.9 Å². The molecule has 0 saturated heterocycles. The summed E-state index contributed by atoms with van der Waals surface area (Å²) in [5, 5.41) is 8.37. The largest absolute Gasteiger partial charge is 0.484 e. The predicted octanol–water partition coefficient (Wildman–Crippen LogP) is 0.824. The summed E-state index contributed by atoms with van der Waals surface area (Å²) in [6.45, 7) is 3.86. The highest BCUT2D eigenvalue weighted by atomic mass is 16.5. The third-order valence-corrected chi connectivity index (χ3v) is 6.11. The van der Waals surface area contributed by atoms with Crippen LogP contribution in [0.15, 0.2) is 48.7 Å². The minimum Gasteiger partial charge on any atom is -0.484 e. The average Bonchev–Trinajstić information content (AvgIpc) is 2.92. The van der Waals surface area contributed by atoms with Gasteiger partial charge in [-0.2, -0.15) is 0 Å². The highest BCUT2D eigenvalue weighted by molar-refractivity contribution is 5.93. The number of nitrogens with one attached hydrogen (secondary N) is 3. The fraction of sp³-hybridized carbons (Fsp3) is 0.464. The van der Waals surface area contributed by atoms with Crippen LogP contribution in [0, 0.1) is 5.92 Å². The number of carbonyl (C=O) groups is 4. The van der Waals surface area contributed by atoms with Crippen molar-refractivity contribution in [3.63, 3.8) is 0 Å². The number of methoxy groups -OCH3 is 1. The summed E-state index contributed by atoms with van der Waals surface area (Å²) in [6.07, 6.45) is 2.23. The number of rotatable bonds is 8. The monoisotopic (exact) mass is 539 g/mol. The molecule has 0 saturated carbocycles. The molecule has 3 N–H and O–H groups in total. The zero-order valence-electron chi connectivity index (χ0n) is 22.6. The zero-order valence-corrected chi connectivity index (χ0v) is 22.6. The molecule has 39 heavy (non-hydrogen) atoms. The number of hydrogen-bond donors (Lipinski definition) is 3. The molecule has 1 aromatic heterocycles. The first-order chi connectivity index (χ1) is 18.7. The number of pyridine rings is 1. The van der Waals surface area contributed by atoms with Gasteiger partial charge in [0.1, 0.15) is 17.8 Å². The molecule has 4 rings (SSSR count). The summed E-state index contributed by atoms with van der Waals surface area (Å²) in [6, 6.07) is 10.6. The predicted molar refractivity (Wildman–Crippen MR) is 143 cm³/mol. The van der Waals surface area contributed by atoms with E-state index in [-0.39, 0.29) is 51.1 Å². The Hall–Kier alpha value is -3.99. The van der Waals surface area contributed by atoms with Crippen molar-refractivity contribution in [1.29, 1.82) is 0 Å². The molecule has 2 aliphatic rings. The Morgan fingerprint density at radius 2 is 1.90 bits per heavy atom. The van der Waals surface area contributed by atoms with Crippen molar-refractivity contribution in [2.75, 3.05) is 33.4 Å². The summed E-state index contributed by atoms with van der Waals surface area (Å²) in [5.74, 6) is -1.16. The van der Waals surface area contributed by atoms with Gasteiger partial charge in [-0.1, -0.05) is 32.0 Å². The van der Waals surface area contributed by atoms with E-state index >= 15 is 0 Å². The van der Waals surface area contributed by atoms with Gasteiger partial charge in [0, 0.05) is 26.3 Å². The minimum atomic E-state index is -0.897. The van der Waals surface area contributed by atoms with Crippen LogP contribution in [0.4, 0.5) is 0 Å². The van der Waals surface area contributed by atoms with Crippen molar-refractivity contribution in [1.82, 2.24) is 25.8 Å². The maximum Gasteiger partial charge on any atom is 0.258 e. The quantitative estimate of drug-likeness (QED) is 0.422. The summed E-state index contributed by atoms with van der Waals surface area (Å²) >= 11 is 0. The maximum atomic E-state index is 13.5. The van der Waals surface area contributed by atoms with Gasteiger partial charge >= 0.3 is 0 Å². The van der Waals surface area contributed by atoms with Crippen molar-refractivity contribution in [3.05, 3.63) is 59.9 Å². The second kappa shape index (κ2) is 14.8.